The molecule has 9 rings (SSSR count). The van der Waals surface area contributed by atoms with Crippen LogP contribution in [0.3, 0.4) is 0 Å². The van der Waals surface area contributed by atoms with Crippen LogP contribution in [0, 0.1) is 32.1 Å². The van der Waals surface area contributed by atoms with Crippen molar-refractivity contribution in [1.82, 2.24) is 9.13 Å². The maximum Gasteiger partial charge on any atom is 0.416 e. The third-order valence-corrected chi connectivity index (χ3v) is 10.4. The number of hydrogen-bond acceptors (Lipinski definition) is 1. The van der Waals surface area contributed by atoms with Crippen LogP contribution in [-0.2, 0) is 6.18 Å². The number of para-hydroxylation sites is 2. The molecule has 256 valence electrons. The normalized spacial score (nSPS) is 11.9. The molecule has 0 saturated carbocycles. The summed E-state index contributed by atoms with van der Waals surface area (Å²) < 4.78 is 45.7. The average Bonchev–Trinajstić information content (AvgIpc) is 3.66. The molecular formula is C47H32F3N3. The lowest BCUT2D eigenvalue weighted by Gasteiger charge is -2.20. The SMILES string of the molecule is Cc1ccc2c(c1)c1ccccc1n2-c1ccc(C#N)cc1-c1cc(-c2ccc(C(F)(F)F)cc2C)ccc1-n1c2ccccc2c2cc(C)ccc21. The van der Waals surface area contributed by atoms with Gasteiger partial charge < -0.3 is 9.13 Å². The summed E-state index contributed by atoms with van der Waals surface area (Å²) in [6, 6.07) is 47.8. The van der Waals surface area contributed by atoms with Gasteiger partial charge in [0.1, 0.15) is 0 Å². The Hall–Kier alpha value is -6.58. The number of fused-ring (bicyclic) bond motifs is 6. The van der Waals surface area contributed by atoms with Crippen LogP contribution in [0.5, 0.6) is 0 Å². The first-order valence-electron chi connectivity index (χ1n) is 17.5. The maximum absolute atomic E-state index is 13.7. The van der Waals surface area contributed by atoms with E-state index in [4.69, 9.17) is 0 Å². The fourth-order valence-corrected chi connectivity index (χ4v) is 7.99. The predicted molar refractivity (Wildman–Crippen MR) is 210 cm³/mol. The van der Waals surface area contributed by atoms with Crippen molar-refractivity contribution in [3.05, 3.63) is 167 Å². The van der Waals surface area contributed by atoms with E-state index >= 15 is 0 Å². The minimum atomic E-state index is -4.44. The van der Waals surface area contributed by atoms with Crippen molar-refractivity contribution in [3.8, 4) is 39.7 Å². The Morgan fingerprint density at radius 2 is 1.02 bits per heavy atom. The molecule has 0 bridgehead atoms. The fraction of sp³-hybridized carbons (Fsp3) is 0.0851. The van der Waals surface area contributed by atoms with Gasteiger partial charge in [0, 0.05) is 32.7 Å². The standard InChI is InChI=1S/C47H32F3N3/c1-28-12-18-43-37(22-28)35-8-4-6-10-41(35)52(43)45-20-14-31(27-51)25-39(45)40-26-32(34-17-16-33(24-30(34)3)47(48,49)50)15-21-46(40)53-42-11-7-5-9-36(42)38-23-29(2)13-19-44(38)53/h4-26H,1-3H3. The van der Waals surface area contributed by atoms with Gasteiger partial charge in [-0.25, -0.2) is 0 Å². The topological polar surface area (TPSA) is 33.6 Å². The zero-order chi connectivity index (χ0) is 36.6. The zero-order valence-electron chi connectivity index (χ0n) is 29.3. The lowest BCUT2D eigenvalue weighted by atomic mass is 9.92. The van der Waals surface area contributed by atoms with Gasteiger partial charge in [0.25, 0.3) is 0 Å². The Labute approximate surface area is 304 Å². The Morgan fingerprint density at radius 3 is 1.57 bits per heavy atom. The van der Waals surface area contributed by atoms with Gasteiger partial charge in [0.15, 0.2) is 0 Å². The number of benzene rings is 7. The Morgan fingerprint density at radius 1 is 0.491 bits per heavy atom. The number of nitriles is 1. The molecule has 2 aromatic heterocycles. The van der Waals surface area contributed by atoms with E-state index in [0.29, 0.717) is 16.7 Å². The fourth-order valence-electron chi connectivity index (χ4n) is 7.99. The van der Waals surface area contributed by atoms with Gasteiger partial charge in [-0.15, -0.1) is 0 Å². The van der Waals surface area contributed by atoms with Crippen LogP contribution in [0.2, 0.25) is 0 Å². The molecule has 9 aromatic rings. The van der Waals surface area contributed by atoms with Gasteiger partial charge in [-0.05, 0) is 116 Å². The smallest absolute Gasteiger partial charge is 0.309 e. The molecule has 0 spiro atoms. The highest BCUT2D eigenvalue weighted by molar-refractivity contribution is 6.11. The highest BCUT2D eigenvalue weighted by atomic mass is 19.4. The molecule has 7 aromatic carbocycles. The Balaban J connectivity index is 1.41. The van der Waals surface area contributed by atoms with Gasteiger partial charge in [0.2, 0.25) is 0 Å². The lowest BCUT2D eigenvalue weighted by molar-refractivity contribution is -0.137. The van der Waals surface area contributed by atoms with Gasteiger partial charge in [-0.1, -0.05) is 71.8 Å². The molecule has 0 amide bonds. The van der Waals surface area contributed by atoms with Crippen LogP contribution in [0.25, 0.3) is 77.2 Å². The van der Waals surface area contributed by atoms with Crippen LogP contribution < -0.4 is 0 Å². The van der Waals surface area contributed by atoms with Crippen LogP contribution in [0.1, 0.15) is 27.8 Å². The van der Waals surface area contributed by atoms with E-state index in [-0.39, 0.29) is 0 Å². The minimum Gasteiger partial charge on any atom is -0.309 e. The molecule has 2 heterocycles. The second-order valence-electron chi connectivity index (χ2n) is 13.8. The van der Waals surface area contributed by atoms with Crippen molar-refractivity contribution >= 4 is 43.6 Å². The van der Waals surface area contributed by atoms with Crippen LogP contribution >= 0.6 is 0 Å². The molecule has 0 aliphatic rings. The summed E-state index contributed by atoms with van der Waals surface area (Å²) in [6.07, 6.45) is -4.44. The highest BCUT2D eigenvalue weighted by Gasteiger charge is 2.31. The van der Waals surface area contributed by atoms with Gasteiger partial charge in [-0.2, -0.15) is 18.4 Å². The predicted octanol–water partition coefficient (Wildman–Crippen LogP) is 13.0. The maximum atomic E-state index is 13.7. The number of aromatic nitrogens is 2. The molecule has 53 heavy (non-hydrogen) atoms. The summed E-state index contributed by atoms with van der Waals surface area (Å²) in [5.41, 5.74) is 11.7. The molecule has 0 radical (unpaired) electrons. The molecule has 6 heteroatoms. The molecule has 0 aliphatic heterocycles. The van der Waals surface area contributed by atoms with Crippen molar-refractivity contribution < 1.29 is 13.2 Å². The van der Waals surface area contributed by atoms with Gasteiger partial charge >= 0.3 is 6.18 Å². The number of hydrogen-bond donors (Lipinski definition) is 0. The van der Waals surface area contributed by atoms with E-state index in [1.54, 1.807) is 13.0 Å². The number of aryl methyl sites for hydroxylation is 3. The first-order valence-corrected chi connectivity index (χ1v) is 17.5. The Bertz CT molecular complexity index is 2990. The summed E-state index contributed by atoms with van der Waals surface area (Å²) in [5, 5.41) is 14.8. The largest absolute Gasteiger partial charge is 0.416 e. The molecule has 0 aliphatic carbocycles. The number of nitrogens with zero attached hydrogens (tertiary/aromatic N) is 3. The molecule has 0 saturated heterocycles. The quantitative estimate of drug-likeness (QED) is 0.180. The highest BCUT2D eigenvalue weighted by Crippen LogP contribution is 2.43. The van der Waals surface area contributed by atoms with Crippen LogP contribution in [0.15, 0.2) is 140 Å². The number of halogens is 3. The number of rotatable bonds is 4. The summed E-state index contributed by atoms with van der Waals surface area (Å²) >= 11 is 0. The number of alkyl halides is 3. The third-order valence-electron chi connectivity index (χ3n) is 10.4. The van der Waals surface area contributed by atoms with Crippen molar-refractivity contribution in [2.45, 2.75) is 26.9 Å². The Kier molecular flexibility index (Phi) is 7.32. The second-order valence-corrected chi connectivity index (χ2v) is 13.8. The summed E-state index contributed by atoms with van der Waals surface area (Å²) in [5.74, 6) is 0. The summed E-state index contributed by atoms with van der Waals surface area (Å²) in [4.78, 5) is 0. The average molecular weight is 696 g/mol. The van der Waals surface area contributed by atoms with E-state index < -0.39 is 11.7 Å². The van der Waals surface area contributed by atoms with E-state index in [1.807, 2.05) is 48.5 Å². The van der Waals surface area contributed by atoms with Crippen molar-refractivity contribution in [3.63, 3.8) is 0 Å². The molecule has 0 unspecified atom stereocenters. The van der Waals surface area contributed by atoms with E-state index in [2.05, 4.69) is 102 Å². The lowest BCUT2D eigenvalue weighted by Crippen LogP contribution is -2.05. The minimum absolute atomic E-state index is 0.500. The van der Waals surface area contributed by atoms with Crippen LogP contribution in [0.4, 0.5) is 13.2 Å². The second kappa shape index (κ2) is 12.0. The van der Waals surface area contributed by atoms with Crippen LogP contribution in [-0.4, -0.2) is 9.13 Å². The summed E-state index contributed by atoms with van der Waals surface area (Å²) in [7, 11) is 0. The third kappa shape index (κ3) is 5.19. The van der Waals surface area contributed by atoms with Gasteiger partial charge in [0.05, 0.1) is 50.6 Å². The molecule has 0 N–H and O–H groups in total. The van der Waals surface area contributed by atoms with Crippen molar-refractivity contribution in [1.29, 1.82) is 5.26 Å². The summed E-state index contributed by atoms with van der Waals surface area (Å²) in [6.45, 7) is 5.90. The first kappa shape index (κ1) is 32.3. The zero-order valence-corrected chi connectivity index (χ0v) is 29.3. The van der Waals surface area contributed by atoms with Crippen molar-refractivity contribution in [2.24, 2.45) is 0 Å². The molecule has 0 fully saturated rings. The molecule has 0 atom stereocenters. The van der Waals surface area contributed by atoms with E-state index in [9.17, 15) is 18.4 Å². The molecular weight excluding hydrogens is 664 g/mol. The van der Waals surface area contributed by atoms with Crippen molar-refractivity contribution in [2.75, 3.05) is 0 Å². The van der Waals surface area contributed by atoms with E-state index in [1.165, 1.54) is 6.07 Å². The van der Waals surface area contributed by atoms with Gasteiger partial charge in [-0.3, -0.25) is 0 Å². The monoisotopic (exact) mass is 695 g/mol. The first-order chi connectivity index (χ1) is 25.6. The molecule has 3 nitrogen and oxygen atoms in total. The van der Waals surface area contributed by atoms with E-state index in [0.717, 1.165) is 88.9 Å².